The Kier molecular flexibility index (Phi) is 5.20. The van der Waals surface area contributed by atoms with E-state index in [2.05, 4.69) is 5.32 Å². The molecule has 0 bridgehead atoms. The molecule has 3 unspecified atom stereocenters. The number of methoxy groups -OCH3 is 1. The lowest BCUT2D eigenvalue weighted by Crippen LogP contribution is -2.41. The Morgan fingerprint density at radius 3 is 2.91 bits per heavy atom. The number of allylic oxidation sites excluding steroid dienone is 1. The maximum absolute atomic E-state index is 12.2. The van der Waals surface area contributed by atoms with Gasteiger partial charge in [-0.25, -0.2) is 4.79 Å². The van der Waals surface area contributed by atoms with Crippen molar-refractivity contribution in [3.8, 4) is 5.75 Å². The zero-order valence-electron chi connectivity index (χ0n) is 12.8. The van der Waals surface area contributed by atoms with Crippen LogP contribution >= 0.6 is 0 Å². The molecule has 0 aromatic heterocycles. The second kappa shape index (κ2) is 7.11. The van der Waals surface area contributed by atoms with Gasteiger partial charge in [0.2, 0.25) is 5.91 Å². The fourth-order valence-corrected chi connectivity index (χ4v) is 2.50. The highest BCUT2D eigenvalue weighted by atomic mass is 16.5. The molecular weight excluding hydrogens is 282 g/mol. The number of hydrogen-bond acceptors (Lipinski definition) is 3. The van der Waals surface area contributed by atoms with Gasteiger partial charge in [-0.3, -0.25) is 4.79 Å². The molecule has 1 aliphatic rings. The van der Waals surface area contributed by atoms with Gasteiger partial charge in [0.15, 0.2) is 0 Å². The molecule has 5 heteroatoms. The van der Waals surface area contributed by atoms with Gasteiger partial charge in [-0.1, -0.05) is 24.3 Å². The summed E-state index contributed by atoms with van der Waals surface area (Å²) in [5, 5.41) is 11.8. The summed E-state index contributed by atoms with van der Waals surface area (Å²) in [6, 6.07) is 6.78. The minimum atomic E-state index is -1.01. The number of carbonyl (C=O) groups excluding carboxylic acids is 1. The van der Waals surface area contributed by atoms with Crippen LogP contribution in [0.1, 0.15) is 31.2 Å². The van der Waals surface area contributed by atoms with Crippen molar-refractivity contribution in [3.05, 3.63) is 42.0 Å². The molecule has 1 aromatic rings. The summed E-state index contributed by atoms with van der Waals surface area (Å²) in [6.45, 7) is 1.82. The second-order valence-corrected chi connectivity index (χ2v) is 5.43. The Bertz CT molecular complexity index is 582. The van der Waals surface area contributed by atoms with Crippen LogP contribution in [0.4, 0.5) is 0 Å². The minimum Gasteiger partial charge on any atom is -0.497 e. The van der Waals surface area contributed by atoms with E-state index in [-0.39, 0.29) is 17.7 Å². The van der Waals surface area contributed by atoms with Gasteiger partial charge in [0.1, 0.15) is 11.8 Å². The van der Waals surface area contributed by atoms with Crippen molar-refractivity contribution in [2.24, 2.45) is 5.92 Å². The van der Waals surface area contributed by atoms with Crippen molar-refractivity contribution in [2.45, 2.75) is 31.7 Å². The van der Waals surface area contributed by atoms with E-state index in [0.29, 0.717) is 6.42 Å². The number of carboxylic acid groups (broad SMARTS) is 1. The molecule has 0 heterocycles. The van der Waals surface area contributed by atoms with Crippen molar-refractivity contribution in [3.63, 3.8) is 0 Å². The molecule has 5 nitrogen and oxygen atoms in total. The van der Waals surface area contributed by atoms with Gasteiger partial charge in [0.25, 0.3) is 0 Å². The highest BCUT2D eigenvalue weighted by Crippen LogP contribution is 2.48. The first kappa shape index (κ1) is 16.1. The molecule has 2 N–H and O–H groups in total. The molecule has 1 aromatic carbocycles. The van der Waals surface area contributed by atoms with Crippen LogP contribution in [0.25, 0.3) is 0 Å². The maximum Gasteiger partial charge on any atom is 0.326 e. The van der Waals surface area contributed by atoms with E-state index in [0.717, 1.165) is 17.7 Å². The molecule has 0 spiro atoms. The molecule has 118 valence electrons. The Morgan fingerprint density at radius 2 is 2.27 bits per heavy atom. The van der Waals surface area contributed by atoms with Crippen molar-refractivity contribution in [1.82, 2.24) is 5.32 Å². The second-order valence-electron chi connectivity index (χ2n) is 5.43. The molecule has 1 saturated carbocycles. The largest absolute Gasteiger partial charge is 0.497 e. The molecule has 3 atom stereocenters. The average molecular weight is 303 g/mol. The third-order valence-electron chi connectivity index (χ3n) is 3.87. The van der Waals surface area contributed by atoms with E-state index in [1.807, 2.05) is 31.2 Å². The van der Waals surface area contributed by atoms with Gasteiger partial charge in [-0.15, -0.1) is 0 Å². The van der Waals surface area contributed by atoms with E-state index in [1.165, 1.54) is 0 Å². The number of rotatable bonds is 7. The number of amides is 1. The lowest BCUT2D eigenvalue weighted by Gasteiger charge is -2.12. The molecule has 0 saturated heterocycles. The lowest BCUT2D eigenvalue weighted by atomic mass is 10.1. The van der Waals surface area contributed by atoms with E-state index in [1.54, 1.807) is 19.3 Å². The standard InChI is InChI=1S/C17H21NO4/c1-3-4-8-15(17(20)21)18-16(19)14-10-13(14)11-6-5-7-12(9-11)22-2/h3-7,9,13-15H,8,10H2,1-2H3,(H,18,19)(H,20,21)/b4-3+. The molecule has 1 aliphatic carbocycles. The van der Waals surface area contributed by atoms with Crippen LogP contribution in [0.15, 0.2) is 36.4 Å². The zero-order valence-corrected chi connectivity index (χ0v) is 12.8. The number of carbonyl (C=O) groups is 2. The SMILES string of the molecule is C/C=C/CC(NC(=O)C1CC1c1cccc(OC)c1)C(=O)O. The number of hydrogen-bond donors (Lipinski definition) is 2. The van der Waals surface area contributed by atoms with Crippen LogP contribution in [0.2, 0.25) is 0 Å². The first-order valence-electron chi connectivity index (χ1n) is 7.35. The molecule has 22 heavy (non-hydrogen) atoms. The predicted octanol–water partition coefficient (Wildman–Crippen LogP) is 2.33. The Hall–Kier alpha value is -2.30. The van der Waals surface area contributed by atoms with E-state index in [9.17, 15) is 9.59 Å². The Balaban J connectivity index is 1.95. The van der Waals surface area contributed by atoms with Gasteiger partial charge in [0.05, 0.1) is 7.11 Å². The third kappa shape index (κ3) is 3.87. The van der Waals surface area contributed by atoms with E-state index < -0.39 is 12.0 Å². The molecule has 1 fully saturated rings. The average Bonchev–Trinajstić information content (AvgIpc) is 3.31. The predicted molar refractivity (Wildman–Crippen MR) is 82.8 cm³/mol. The van der Waals surface area contributed by atoms with Crippen molar-refractivity contribution in [2.75, 3.05) is 7.11 Å². The van der Waals surface area contributed by atoms with Crippen LogP contribution in [0.5, 0.6) is 5.75 Å². The van der Waals surface area contributed by atoms with Gasteiger partial charge in [-0.05, 0) is 43.4 Å². The maximum atomic E-state index is 12.2. The summed E-state index contributed by atoms with van der Waals surface area (Å²) < 4.78 is 5.18. The normalized spacial score (nSPS) is 21.4. The quantitative estimate of drug-likeness (QED) is 0.758. The number of carboxylic acids is 1. The highest BCUT2D eigenvalue weighted by molar-refractivity contribution is 5.87. The highest BCUT2D eigenvalue weighted by Gasteiger charge is 2.44. The third-order valence-corrected chi connectivity index (χ3v) is 3.87. The number of ether oxygens (including phenoxy) is 1. The summed E-state index contributed by atoms with van der Waals surface area (Å²) in [6.07, 6.45) is 4.56. The lowest BCUT2D eigenvalue weighted by molar-refractivity contribution is -0.141. The van der Waals surface area contributed by atoms with Crippen molar-refractivity contribution >= 4 is 11.9 Å². The van der Waals surface area contributed by atoms with Gasteiger partial charge >= 0.3 is 5.97 Å². The molecule has 0 radical (unpaired) electrons. The summed E-state index contributed by atoms with van der Waals surface area (Å²) >= 11 is 0. The topological polar surface area (TPSA) is 75.6 Å². The van der Waals surface area contributed by atoms with E-state index >= 15 is 0 Å². The smallest absolute Gasteiger partial charge is 0.326 e. The first-order chi connectivity index (χ1) is 10.6. The fourth-order valence-electron chi connectivity index (χ4n) is 2.50. The number of aliphatic carboxylic acids is 1. The van der Waals surface area contributed by atoms with Crippen LogP contribution in [-0.4, -0.2) is 30.1 Å². The summed E-state index contributed by atoms with van der Waals surface area (Å²) in [4.78, 5) is 23.3. The summed E-state index contributed by atoms with van der Waals surface area (Å²) in [5.41, 5.74) is 1.06. The molecule has 0 aliphatic heterocycles. The first-order valence-corrected chi connectivity index (χ1v) is 7.35. The van der Waals surface area contributed by atoms with E-state index in [4.69, 9.17) is 9.84 Å². The Labute approximate surface area is 130 Å². The van der Waals surface area contributed by atoms with Crippen molar-refractivity contribution < 1.29 is 19.4 Å². The molecule has 2 rings (SSSR count). The van der Waals surface area contributed by atoms with Gasteiger partial charge < -0.3 is 15.2 Å². The summed E-state index contributed by atoms with van der Waals surface area (Å²) in [7, 11) is 1.61. The number of benzene rings is 1. The van der Waals surface area contributed by atoms with Crippen LogP contribution in [0.3, 0.4) is 0 Å². The molecule has 1 amide bonds. The summed E-state index contributed by atoms with van der Waals surface area (Å²) in [5.74, 6) is -0.444. The Morgan fingerprint density at radius 1 is 1.50 bits per heavy atom. The number of nitrogens with one attached hydrogen (secondary N) is 1. The monoisotopic (exact) mass is 303 g/mol. The minimum absolute atomic E-state index is 0.145. The molecular formula is C17H21NO4. The zero-order chi connectivity index (χ0) is 16.1. The van der Waals surface area contributed by atoms with Gasteiger partial charge in [0, 0.05) is 5.92 Å². The van der Waals surface area contributed by atoms with Crippen LogP contribution < -0.4 is 10.1 Å². The van der Waals surface area contributed by atoms with Crippen molar-refractivity contribution in [1.29, 1.82) is 0 Å². The van der Waals surface area contributed by atoms with Gasteiger partial charge in [-0.2, -0.15) is 0 Å². The van der Waals surface area contributed by atoms with Crippen LogP contribution in [0, 0.1) is 5.92 Å². The fraction of sp³-hybridized carbons (Fsp3) is 0.412. The van der Waals surface area contributed by atoms with Crippen LogP contribution in [-0.2, 0) is 9.59 Å².